The van der Waals surface area contributed by atoms with Gasteiger partial charge < -0.3 is 5.32 Å². The first-order valence-corrected chi connectivity index (χ1v) is 11.6. The van der Waals surface area contributed by atoms with Crippen LogP contribution in [0.25, 0.3) is 0 Å². The zero-order valence-corrected chi connectivity index (χ0v) is 18.6. The molecule has 30 heavy (non-hydrogen) atoms. The van der Waals surface area contributed by atoms with E-state index < -0.39 is 10.8 Å². The molecule has 2 heterocycles. The molecule has 160 valence electrons. The molecule has 1 aromatic carbocycles. The van der Waals surface area contributed by atoms with E-state index in [1.807, 2.05) is 31.2 Å². The zero-order valence-electron chi connectivity index (χ0n) is 17.8. The number of carbonyl (C=O) groups excluding carboxylic acids is 2. The molecule has 2 aromatic rings. The van der Waals surface area contributed by atoms with Crippen molar-refractivity contribution in [1.82, 2.24) is 15.2 Å². The first-order chi connectivity index (χ1) is 14.4. The lowest BCUT2D eigenvalue weighted by Gasteiger charge is -2.42. The highest BCUT2D eigenvalue weighted by Crippen LogP contribution is 2.38. The van der Waals surface area contributed by atoms with E-state index >= 15 is 0 Å². The average molecular weight is 428 g/mol. The van der Waals surface area contributed by atoms with Crippen LogP contribution in [0.4, 0.5) is 11.4 Å². The van der Waals surface area contributed by atoms with Crippen molar-refractivity contribution < 1.29 is 9.59 Å². The number of hydrogen-bond acceptors (Lipinski definition) is 5. The smallest absolute Gasteiger partial charge is 0.250 e. The Kier molecular flexibility index (Phi) is 5.86. The lowest BCUT2D eigenvalue weighted by Crippen LogP contribution is -2.60. The fourth-order valence-corrected chi connectivity index (χ4v) is 5.10. The lowest BCUT2D eigenvalue weighted by atomic mass is 9.96. The number of aryl methyl sites for hydroxylation is 1. The number of carbonyl (C=O) groups is 2. The van der Waals surface area contributed by atoms with Gasteiger partial charge in [0.25, 0.3) is 0 Å². The Labute approximate surface area is 181 Å². The molecule has 1 aromatic heterocycles. The Morgan fingerprint density at radius 1 is 1.30 bits per heavy atom. The van der Waals surface area contributed by atoms with E-state index in [0.717, 1.165) is 24.6 Å². The first-order valence-electron chi connectivity index (χ1n) is 10.7. The van der Waals surface area contributed by atoms with Crippen LogP contribution in [0.5, 0.6) is 0 Å². The van der Waals surface area contributed by atoms with E-state index in [4.69, 9.17) is 0 Å². The maximum atomic E-state index is 13.4. The van der Waals surface area contributed by atoms with Gasteiger partial charge in [-0.3, -0.25) is 19.6 Å². The van der Waals surface area contributed by atoms with E-state index in [1.54, 1.807) is 18.7 Å². The molecule has 1 fully saturated rings. The predicted molar refractivity (Wildman–Crippen MR) is 119 cm³/mol. The molecule has 0 spiro atoms. The van der Waals surface area contributed by atoms with Crippen molar-refractivity contribution in [2.24, 2.45) is 5.92 Å². The Morgan fingerprint density at radius 2 is 2.03 bits per heavy atom. The topological polar surface area (TPSA) is 91.0 Å². The van der Waals surface area contributed by atoms with Gasteiger partial charge in [0.15, 0.2) is 0 Å². The summed E-state index contributed by atoms with van der Waals surface area (Å²) in [5, 5.41) is 10.4. The largest absolute Gasteiger partial charge is 0.322 e. The molecule has 1 unspecified atom stereocenters. The number of para-hydroxylation sites is 2. The van der Waals surface area contributed by atoms with Crippen LogP contribution in [0.2, 0.25) is 0 Å². The minimum Gasteiger partial charge on any atom is -0.322 e. The van der Waals surface area contributed by atoms with Gasteiger partial charge in [-0.25, -0.2) is 4.98 Å². The minimum atomic E-state index is -0.980. The number of nitrogens with zero attached hydrogens (tertiary/aromatic N) is 3. The summed E-state index contributed by atoms with van der Waals surface area (Å²) < 4.78 is 0. The summed E-state index contributed by atoms with van der Waals surface area (Å²) in [6.45, 7) is 5.37. The molecule has 2 amide bonds. The molecular formula is C22H29N5O2S. The SMILES string of the molecule is CC(Sc1n[nH]c(CCC2CCCC2)n1)C(=O)N1c2ccccc2NC(=O)C1(C)C. The van der Waals surface area contributed by atoms with Crippen molar-refractivity contribution in [2.45, 2.75) is 75.2 Å². The van der Waals surface area contributed by atoms with Crippen molar-refractivity contribution in [1.29, 1.82) is 0 Å². The molecule has 0 saturated heterocycles. The highest BCUT2D eigenvalue weighted by atomic mass is 32.2. The second-order valence-electron chi connectivity index (χ2n) is 8.72. The van der Waals surface area contributed by atoms with Crippen LogP contribution in [0.15, 0.2) is 29.4 Å². The summed E-state index contributed by atoms with van der Waals surface area (Å²) in [5.41, 5.74) is 0.386. The van der Waals surface area contributed by atoms with Gasteiger partial charge in [-0.2, -0.15) is 0 Å². The number of rotatable bonds is 6. The van der Waals surface area contributed by atoms with E-state index in [0.29, 0.717) is 16.5 Å². The average Bonchev–Trinajstić information content (AvgIpc) is 3.38. The summed E-state index contributed by atoms with van der Waals surface area (Å²) in [4.78, 5) is 32.2. The van der Waals surface area contributed by atoms with Crippen molar-refractivity contribution >= 4 is 35.0 Å². The van der Waals surface area contributed by atoms with Crippen LogP contribution in [0.1, 0.15) is 58.7 Å². The van der Waals surface area contributed by atoms with Gasteiger partial charge in [-0.15, -0.1) is 5.10 Å². The molecule has 1 saturated carbocycles. The molecular weight excluding hydrogens is 398 g/mol. The molecule has 2 N–H and O–H groups in total. The van der Waals surface area contributed by atoms with E-state index in [2.05, 4.69) is 20.5 Å². The number of H-pyrrole nitrogens is 1. The van der Waals surface area contributed by atoms with Crippen LogP contribution in [-0.4, -0.2) is 37.8 Å². The third-order valence-corrected chi connectivity index (χ3v) is 7.08. The number of aromatic amines is 1. The van der Waals surface area contributed by atoms with Crippen molar-refractivity contribution in [3.05, 3.63) is 30.1 Å². The Bertz CT molecular complexity index is 935. The predicted octanol–water partition coefficient (Wildman–Crippen LogP) is 4.17. The van der Waals surface area contributed by atoms with Gasteiger partial charge in [-0.1, -0.05) is 49.6 Å². The van der Waals surface area contributed by atoms with Crippen molar-refractivity contribution in [2.75, 3.05) is 10.2 Å². The van der Waals surface area contributed by atoms with Gasteiger partial charge in [0, 0.05) is 6.42 Å². The number of hydrogen-bond donors (Lipinski definition) is 2. The molecule has 2 aliphatic rings. The summed E-state index contributed by atoms with van der Waals surface area (Å²) in [5.74, 6) is 1.36. The zero-order chi connectivity index (χ0) is 21.3. The summed E-state index contributed by atoms with van der Waals surface area (Å²) in [6.07, 6.45) is 7.37. The molecule has 1 atom stereocenters. The number of fused-ring (bicyclic) bond motifs is 1. The monoisotopic (exact) mass is 427 g/mol. The molecule has 8 heteroatoms. The number of aromatic nitrogens is 3. The van der Waals surface area contributed by atoms with Gasteiger partial charge in [-0.05, 0) is 45.2 Å². The number of thioether (sulfide) groups is 1. The van der Waals surface area contributed by atoms with Crippen molar-refractivity contribution in [3.8, 4) is 0 Å². The van der Waals surface area contributed by atoms with Gasteiger partial charge >= 0.3 is 0 Å². The number of benzene rings is 1. The van der Waals surface area contributed by atoms with Crippen LogP contribution in [-0.2, 0) is 16.0 Å². The van der Waals surface area contributed by atoms with Crippen LogP contribution >= 0.6 is 11.8 Å². The fourth-order valence-electron chi connectivity index (χ4n) is 4.32. The molecule has 1 aliphatic heterocycles. The summed E-state index contributed by atoms with van der Waals surface area (Å²) in [6, 6.07) is 7.39. The molecule has 1 aliphatic carbocycles. The molecule has 0 radical (unpaired) electrons. The summed E-state index contributed by atoms with van der Waals surface area (Å²) in [7, 11) is 0. The number of amides is 2. The summed E-state index contributed by atoms with van der Waals surface area (Å²) >= 11 is 1.32. The number of anilines is 2. The molecule has 4 rings (SSSR count). The van der Waals surface area contributed by atoms with Gasteiger partial charge in [0.05, 0.1) is 16.6 Å². The lowest BCUT2D eigenvalue weighted by molar-refractivity contribution is -0.126. The van der Waals surface area contributed by atoms with Gasteiger partial charge in [0.1, 0.15) is 11.4 Å². The van der Waals surface area contributed by atoms with Crippen molar-refractivity contribution in [3.63, 3.8) is 0 Å². The van der Waals surface area contributed by atoms with E-state index in [-0.39, 0.29) is 11.8 Å². The molecule has 0 bridgehead atoms. The standard InChI is InChI=1S/C22H29N5O2S/c1-14(30-21-24-18(25-26-21)13-12-15-8-4-5-9-15)19(28)27-17-11-7-6-10-16(17)23-20(29)22(27,2)3/h6-7,10-11,14-15H,4-5,8-9,12-13H2,1-3H3,(H,23,29)(H,24,25,26). The van der Waals surface area contributed by atoms with E-state index in [9.17, 15) is 9.59 Å². The fraction of sp³-hybridized carbons (Fsp3) is 0.545. The highest BCUT2D eigenvalue weighted by molar-refractivity contribution is 8.00. The van der Waals surface area contributed by atoms with E-state index in [1.165, 1.54) is 37.4 Å². The molecule has 7 nitrogen and oxygen atoms in total. The quantitative estimate of drug-likeness (QED) is 0.675. The first kappa shape index (κ1) is 20.9. The Balaban J connectivity index is 1.45. The second-order valence-corrected chi connectivity index (χ2v) is 10.0. The Morgan fingerprint density at radius 3 is 2.80 bits per heavy atom. The second kappa shape index (κ2) is 8.41. The maximum absolute atomic E-state index is 13.4. The normalized spacial score (nSPS) is 19.4. The number of nitrogens with one attached hydrogen (secondary N) is 2. The highest BCUT2D eigenvalue weighted by Gasteiger charge is 2.44. The minimum absolute atomic E-state index is 0.135. The third kappa shape index (κ3) is 4.10. The van der Waals surface area contributed by atoms with Crippen LogP contribution < -0.4 is 10.2 Å². The Hall–Kier alpha value is -2.35. The third-order valence-electron chi connectivity index (χ3n) is 6.13. The van der Waals surface area contributed by atoms with Crippen LogP contribution in [0.3, 0.4) is 0 Å². The van der Waals surface area contributed by atoms with Crippen LogP contribution in [0, 0.1) is 5.92 Å². The van der Waals surface area contributed by atoms with Gasteiger partial charge in [0.2, 0.25) is 17.0 Å². The maximum Gasteiger partial charge on any atom is 0.250 e.